The van der Waals surface area contributed by atoms with Crippen LogP contribution in [0.5, 0.6) is 0 Å². The number of hydrogen-bond donors (Lipinski definition) is 2. The molecule has 3 rings (SSSR count). The van der Waals surface area contributed by atoms with E-state index in [9.17, 15) is 8.42 Å². The molecular weight excluding hydrogens is 533 g/mol. The number of piperidine rings is 1. The molecule has 1 aliphatic heterocycles. The lowest BCUT2D eigenvalue weighted by Gasteiger charge is -2.27. The average Bonchev–Trinajstić information content (AvgIpc) is 3.06. The van der Waals surface area contributed by atoms with Crippen molar-refractivity contribution in [2.75, 3.05) is 20.1 Å². The maximum atomic E-state index is 13.1. The predicted octanol–water partition coefficient (Wildman–Crippen LogP) is 3.42. The van der Waals surface area contributed by atoms with E-state index in [2.05, 4.69) is 27.5 Å². The molecule has 0 spiro atoms. The molecular formula is C20H30IN5O2S2. The highest BCUT2D eigenvalue weighted by molar-refractivity contribution is 14.0. The molecule has 0 amide bonds. The second-order valence-corrected chi connectivity index (χ2v) is 10.3. The highest BCUT2D eigenvalue weighted by Crippen LogP contribution is 2.23. The molecule has 166 valence electrons. The first-order valence-corrected chi connectivity index (χ1v) is 12.1. The Labute approximate surface area is 200 Å². The third kappa shape index (κ3) is 6.14. The second-order valence-electron chi connectivity index (χ2n) is 7.10. The van der Waals surface area contributed by atoms with Crippen LogP contribution < -0.4 is 10.6 Å². The molecule has 1 aliphatic rings. The number of sulfonamides is 1. The van der Waals surface area contributed by atoms with Gasteiger partial charge >= 0.3 is 0 Å². The Hall–Kier alpha value is -1.24. The zero-order valence-electron chi connectivity index (χ0n) is 17.6. The lowest BCUT2D eigenvalue weighted by molar-refractivity contribution is 0.346. The number of halogens is 1. The lowest BCUT2D eigenvalue weighted by atomic mass is 10.2. The van der Waals surface area contributed by atoms with Gasteiger partial charge in [0.05, 0.1) is 17.1 Å². The SMILES string of the molecule is CN=C(NCc1nc(C)c(C)s1)NCc1ccccc1S(=O)(=O)N1CCCCC1.I. The number of nitrogens with one attached hydrogen (secondary N) is 2. The van der Waals surface area contributed by atoms with Crippen LogP contribution in [0.4, 0.5) is 0 Å². The van der Waals surface area contributed by atoms with E-state index < -0.39 is 10.0 Å². The number of aliphatic imine (C=N–C) groups is 1. The number of aryl methyl sites for hydroxylation is 2. The van der Waals surface area contributed by atoms with Crippen molar-refractivity contribution >= 4 is 51.3 Å². The molecule has 2 aromatic rings. The van der Waals surface area contributed by atoms with Crippen molar-refractivity contribution in [3.05, 3.63) is 45.4 Å². The maximum absolute atomic E-state index is 13.1. The summed E-state index contributed by atoms with van der Waals surface area (Å²) in [5, 5.41) is 7.47. The summed E-state index contributed by atoms with van der Waals surface area (Å²) in [4.78, 5) is 10.3. The van der Waals surface area contributed by atoms with Gasteiger partial charge in [-0.05, 0) is 38.3 Å². The number of aromatic nitrogens is 1. The molecule has 0 saturated carbocycles. The molecule has 2 heterocycles. The van der Waals surface area contributed by atoms with Crippen molar-refractivity contribution in [3.8, 4) is 0 Å². The van der Waals surface area contributed by atoms with E-state index in [4.69, 9.17) is 0 Å². The van der Waals surface area contributed by atoms with Gasteiger partial charge in [0.25, 0.3) is 0 Å². The van der Waals surface area contributed by atoms with E-state index >= 15 is 0 Å². The number of thiazole rings is 1. The number of benzene rings is 1. The fourth-order valence-electron chi connectivity index (χ4n) is 3.32. The summed E-state index contributed by atoms with van der Waals surface area (Å²) in [6.45, 7) is 6.21. The van der Waals surface area contributed by atoms with Gasteiger partial charge in [-0.1, -0.05) is 24.6 Å². The Morgan fingerprint density at radius 1 is 1.13 bits per heavy atom. The molecule has 0 aliphatic carbocycles. The van der Waals surface area contributed by atoms with Crippen LogP contribution in [0.1, 0.15) is 40.4 Å². The highest BCUT2D eigenvalue weighted by Gasteiger charge is 2.27. The van der Waals surface area contributed by atoms with Crippen molar-refractivity contribution in [2.24, 2.45) is 4.99 Å². The van der Waals surface area contributed by atoms with Crippen LogP contribution in [0.25, 0.3) is 0 Å². The third-order valence-electron chi connectivity index (χ3n) is 5.06. The minimum absolute atomic E-state index is 0. The third-order valence-corrected chi connectivity index (χ3v) is 8.13. The van der Waals surface area contributed by atoms with Gasteiger partial charge in [-0.25, -0.2) is 13.4 Å². The average molecular weight is 564 g/mol. The van der Waals surface area contributed by atoms with Crippen LogP contribution in [0.3, 0.4) is 0 Å². The summed E-state index contributed by atoms with van der Waals surface area (Å²) in [7, 11) is -1.78. The number of hydrogen-bond acceptors (Lipinski definition) is 5. The van der Waals surface area contributed by atoms with E-state index in [1.807, 2.05) is 19.1 Å². The van der Waals surface area contributed by atoms with E-state index in [1.54, 1.807) is 34.8 Å². The van der Waals surface area contributed by atoms with Crippen LogP contribution in [-0.2, 0) is 23.1 Å². The van der Waals surface area contributed by atoms with Crippen LogP contribution in [-0.4, -0.2) is 43.8 Å². The lowest BCUT2D eigenvalue weighted by Crippen LogP contribution is -2.38. The Kier molecular flexibility index (Phi) is 9.51. The smallest absolute Gasteiger partial charge is 0.243 e. The zero-order valence-corrected chi connectivity index (χ0v) is 21.6. The van der Waals surface area contributed by atoms with Crippen LogP contribution in [0.2, 0.25) is 0 Å². The molecule has 1 saturated heterocycles. The van der Waals surface area contributed by atoms with Gasteiger partial charge in [-0.2, -0.15) is 4.31 Å². The van der Waals surface area contributed by atoms with Crippen molar-refractivity contribution < 1.29 is 8.42 Å². The number of rotatable bonds is 6. The standard InChI is InChI=1S/C20H29N5O2S2.HI/c1-15-16(2)28-19(24-15)14-23-20(21-3)22-13-17-9-5-6-10-18(17)29(26,27)25-11-7-4-8-12-25;/h5-6,9-10H,4,7-8,11-14H2,1-3H3,(H2,21,22,23);1H. The highest BCUT2D eigenvalue weighted by atomic mass is 127. The Balaban J connectivity index is 0.00000320. The Morgan fingerprint density at radius 3 is 2.43 bits per heavy atom. The summed E-state index contributed by atoms with van der Waals surface area (Å²) in [6, 6.07) is 7.19. The molecule has 30 heavy (non-hydrogen) atoms. The van der Waals surface area contributed by atoms with Crippen molar-refractivity contribution in [1.29, 1.82) is 0 Å². The second kappa shape index (κ2) is 11.4. The first kappa shape index (κ1) is 25.0. The minimum atomic E-state index is -3.48. The topological polar surface area (TPSA) is 86.7 Å². The van der Waals surface area contributed by atoms with Crippen LogP contribution in [0.15, 0.2) is 34.2 Å². The summed E-state index contributed by atoms with van der Waals surface area (Å²) in [5.41, 5.74) is 1.79. The molecule has 1 fully saturated rings. The molecule has 10 heteroatoms. The fourth-order valence-corrected chi connectivity index (χ4v) is 5.93. The van der Waals surface area contributed by atoms with Gasteiger partial charge < -0.3 is 10.6 Å². The molecule has 0 bridgehead atoms. The van der Waals surface area contributed by atoms with Crippen LogP contribution in [0, 0.1) is 13.8 Å². The summed E-state index contributed by atoms with van der Waals surface area (Å²) >= 11 is 1.66. The molecule has 1 aromatic carbocycles. The van der Waals surface area contributed by atoms with Gasteiger partial charge in [0, 0.05) is 31.6 Å². The van der Waals surface area contributed by atoms with Gasteiger partial charge in [-0.3, -0.25) is 4.99 Å². The van der Waals surface area contributed by atoms with Gasteiger partial charge in [-0.15, -0.1) is 35.3 Å². The van der Waals surface area contributed by atoms with Crippen LogP contribution >= 0.6 is 35.3 Å². The van der Waals surface area contributed by atoms with E-state index in [1.165, 1.54) is 4.88 Å². The Bertz CT molecular complexity index is 950. The number of nitrogens with zero attached hydrogens (tertiary/aromatic N) is 3. The quantitative estimate of drug-likeness (QED) is 0.320. The first-order chi connectivity index (χ1) is 13.9. The largest absolute Gasteiger partial charge is 0.352 e. The summed E-state index contributed by atoms with van der Waals surface area (Å²) < 4.78 is 27.8. The molecule has 0 unspecified atom stereocenters. The van der Waals surface area contributed by atoms with Crippen molar-refractivity contribution in [3.63, 3.8) is 0 Å². The van der Waals surface area contributed by atoms with Gasteiger partial charge in [0.1, 0.15) is 5.01 Å². The first-order valence-electron chi connectivity index (χ1n) is 9.87. The molecule has 1 aromatic heterocycles. The zero-order chi connectivity index (χ0) is 20.9. The summed E-state index contributed by atoms with van der Waals surface area (Å²) in [5.74, 6) is 0.612. The van der Waals surface area contributed by atoms with Gasteiger partial charge in [0.15, 0.2) is 5.96 Å². The van der Waals surface area contributed by atoms with Crippen molar-refractivity contribution in [1.82, 2.24) is 19.9 Å². The molecule has 2 N–H and O–H groups in total. The maximum Gasteiger partial charge on any atom is 0.243 e. The monoisotopic (exact) mass is 563 g/mol. The molecule has 0 radical (unpaired) electrons. The van der Waals surface area contributed by atoms with Crippen molar-refractivity contribution in [2.45, 2.75) is 51.1 Å². The summed E-state index contributed by atoms with van der Waals surface area (Å²) in [6.07, 6.45) is 2.94. The molecule has 0 atom stereocenters. The minimum Gasteiger partial charge on any atom is -0.352 e. The normalized spacial score (nSPS) is 15.5. The van der Waals surface area contributed by atoms with E-state index in [0.29, 0.717) is 37.0 Å². The van der Waals surface area contributed by atoms with Gasteiger partial charge in [0.2, 0.25) is 10.0 Å². The fraction of sp³-hybridized carbons (Fsp3) is 0.500. The Morgan fingerprint density at radius 2 is 1.80 bits per heavy atom. The number of guanidine groups is 1. The van der Waals surface area contributed by atoms with E-state index in [0.717, 1.165) is 35.5 Å². The van der Waals surface area contributed by atoms with E-state index in [-0.39, 0.29) is 24.0 Å². The molecule has 7 nitrogen and oxygen atoms in total. The predicted molar refractivity (Wildman–Crippen MR) is 133 cm³/mol.